The molecule has 0 aliphatic carbocycles. The van der Waals surface area contributed by atoms with Crippen molar-refractivity contribution in [2.75, 3.05) is 0 Å². The number of benzene rings is 2. The van der Waals surface area contributed by atoms with Gasteiger partial charge in [-0.25, -0.2) is 9.59 Å². The maximum Gasteiger partial charge on any atom is 0.495 e. The van der Waals surface area contributed by atoms with Gasteiger partial charge in [0.2, 0.25) is 0 Å². The average molecular weight is 412 g/mol. The van der Waals surface area contributed by atoms with Crippen LogP contribution in [0.3, 0.4) is 0 Å². The number of hydrogen-bond acceptors (Lipinski definition) is 4. The molecule has 1 saturated heterocycles. The van der Waals surface area contributed by atoms with Crippen molar-refractivity contribution in [1.82, 2.24) is 0 Å². The zero-order valence-corrected chi connectivity index (χ0v) is 18.6. The topological polar surface area (TPSA) is 93.1 Å². The molecule has 160 valence electrons. The molecule has 2 aromatic carbocycles. The van der Waals surface area contributed by atoms with Crippen LogP contribution >= 0.6 is 0 Å². The number of aromatic carboxylic acids is 2. The molecule has 1 aliphatic heterocycles. The molecule has 0 saturated carbocycles. The Kier molecular flexibility index (Phi) is 6.79. The van der Waals surface area contributed by atoms with Crippen molar-refractivity contribution in [3.8, 4) is 0 Å². The number of rotatable bonds is 3. The van der Waals surface area contributed by atoms with E-state index < -0.39 is 30.3 Å². The van der Waals surface area contributed by atoms with Gasteiger partial charge in [0.1, 0.15) is 0 Å². The zero-order valence-electron chi connectivity index (χ0n) is 18.6. The first-order valence-electron chi connectivity index (χ1n) is 9.75. The van der Waals surface area contributed by atoms with Gasteiger partial charge in [-0.1, -0.05) is 17.7 Å². The number of carboxylic acids is 2. The molecule has 0 radical (unpaired) electrons. The fourth-order valence-corrected chi connectivity index (χ4v) is 2.92. The summed E-state index contributed by atoms with van der Waals surface area (Å²) in [6, 6.07) is 10.1. The summed E-state index contributed by atoms with van der Waals surface area (Å²) in [6.07, 6.45) is 0. The van der Waals surface area contributed by atoms with Crippen LogP contribution in [-0.4, -0.2) is 40.5 Å². The molecule has 0 spiro atoms. The Morgan fingerprint density at radius 3 is 1.57 bits per heavy atom. The van der Waals surface area contributed by atoms with Crippen LogP contribution in [0.4, 0.5) is 0 Å². The smallest absolute Gasteiger partial charge is 0.478 e. The normalized spacial score (nSPS) is 16.6. The quantitative estimate of drug-likeness (QED) is 0.741. The third kappa shape index (κ3) is 5.09. The Labute approximate surface area is 178 Å². The lowest BCUT2D eigenvalue weighted by Crippen LogP contribution is -2.41. The minimum absolute atomic E-state index is 0.276. The van der Waals surface area contributed by atoms with Crippen molar-refractivity contribution < 1.29 is 29.1 Å². The molecule has 0 atom stereocenters. The van der Waals surface area contributed by atoms with Crippen molar-refractivity contribution in [2.45, 2.75) is 59.7 Å². The van der Waals surface area contributed by atoms with Gasteiger partial charge in [-0.3, -0.25) is 0 Å². The second-order valence-electron chi connectivity index (χ2n) is 8.57. The maximum absolute atomic E-state index is 10.9. The predicted octanol–water partition coefficient (Wildman–Crippen LogP) is 3.99. The molecular weight excluding hydrogens is 383 g/mol. The van der Waals surface area contributed by atoms with E-state index in [4.69, 9.17) is 19.5 Å². The molecule has 3 rings (SSSR count). The van der Waals surface area contributed by atoms with Crippen molar-refractivity contribution in [1.29, 1.82) is 0 Å². The van der Waals surface area contributed by atoms with Crippen molar-refractivity contribution in [3.63, 3.8) is 0 Å². The number of hydrogen-bond donors (Lipinski definition) is 2. The second-order valence-corrected chi connectivity index (χ2v) is 8.57. The molecule has 0 unspecified atom stereocenters. The lowest BCUT2D eigenvalue weighted by atomic mass is 9.76. The summed E-state index contributed by atoms with van der Waals surface area (Å²) in [5.74, 6) is -1.79. The number of aryl methyl sites for hydroxylation is 3. The van der Waals surface area contributed by atoms with E-state index in [0.29, 0.717) is 5.56 Å². The van der Waals surface area contributed by atoms with Crippen LogP contribution in [0.5, 0.6) is 0 Å². The highest BCUT2D eigenvalue weighted by atomic mass is 16.7. The average Bonchev–Trinajstić information content (AvgIpc) is 2.84. The summed E-state index contributed by atoms with van der Waals surface area (Å²) >= 11 is 0. The van der Waals surface area contributed by atoms with Gasteiger partial charge in [0.15, 0.2) is 0 Å². The monoisotopic (exact) mass is 412 g/mol. The molecule has 0 aromatic heterocycles. The molecule has 2 N–H and O–H groups in total. The van der Waals surface area contributed by atoms with Crippen LogP contribution in [0.1, 0.15) is 65.1 Å². The summed E-state index contributed by atoms with van der Waals surface area (Å²) < 4.78 is 11.9. The minimum atomic E-state index is -0.927. The van der Waals surface area contributed by atoms with Gasteiger partial charge >= 0.3 is 19.1 Å². The Hall–Kier alpha value is -2.64. The van der Waals surface area contributed by atoms with E-state index in [1.807, 2.05) is 54.5 Å². The molecule has 30 heavy (non-hydrogen) atoms. The molecule has 7 heteroatoms. The van der Waals surface area contributed by atoms with E-state index >= 15 is 0 Å². The van der Waals surface area contributed by atoms with Crippen LogP contribution in [0.25, 0.3) is 0 Å². The van der Waals surface area contributed by atoms with Crippen molar-refractivity contribution >= 4 is 24.5 Å². The fourth-order valence-electron chi connectivity index (χ4n) is 2.92. The van der Waals surface area contributed by atoms with Gasteiger partial charge in [-0.05, 0) is 89.3 Å². The largest absolute Gasteiger partial charge is 0.495 e. The zero-order chi connectivity index (χ0) is 22.9. The van der Waals surface area contributed by atoms with Crippen molar-refractivity contribution in [3.05, 3.63) is 64.2 Å². The Bertz CT molecular complexity index is 948. The lowest BCUT2D eigenvalue weighted by molar-refractivity contribution is 0.00578. The lowest BCUT2D eigenvalue weighted by Gasteiger charge is -2.32. The molecule has 0 bridgehead atoms. The molecule has 0 amide bonds. The highest BCUT2D eigenvalue weighted by Gasteiger charge is 2.52. The van der Waals surface area contributed by atoms with E-state index in [9.17, 15) is 9.59 Å². The first-order valence-corrected chi connectivity index (χ1v) is 9.75. The molecule has 1 fully saturated rings. The van der Waals surface area contributed by atoms with Gasteiger partial charge in [-0.2, -0.15) is 0 Å². The highest BCUT2D eigenvalue weighted by molar-refractivity contribution is 6.62. The van der Waals surface area contributed by atoms with Crippen LogP contribution < -0.4 is 5.46 Å². The Morgan fingerprint density at radius 1 is 0.733 bits per heavy atom. The third-order valence-electron chi connectivity index (χ3n) is 5.78. The summed E-state index contributed by atoms with van der Waals surface area (Å²) in [7, 11) is -0.451. The van der Waals surface area contributed by atoms with Gasteiger partial charge in [0.05, 0.1) is 22.3 Å². The number of carboxylic acid groups (broad SMARTS) is 2. The van der Waals surface area contributed by atoms with Gasteiger partial charge < -0.3 is 19.5 Å². The molecule has 2 aromatic rings. The second kappa shape index (κ2) is 8.62. The molecule has 1 aliphatic rings. The first-order chi connectivity index (χ1) is 13.7. The Morgan fingerprint density at radius 2 is 1.17 bits per heavy atom. The fraction of sp³-hybridized carbons (Fsp3) is 0.391. The van der Waals surface area contributed by atoms with Gasteiger partial charge in [-0.15, -0.1) is 0 Å². The van der Waals surface area contributed by atoms with Crippen molar-refractivity contribution in [2.24, 2.45) is 0 Å². The highest BCUT2D eigenvalue weighted by Crippen LogP contribution is 2.36. The molecule has 1 heterocycles. The summed E-state index contributed by atoms with van der Waals surface area (Å²) in [6.45, 7) is 13.7. The third-order valence-corrected chi connectivity index (χ3v) is 5.78. The first kappa shape index (κ1) is 23.6. The van der Waals surface area contributed by atoms with Crippen LogP contribution in [0.15, 0.2) is 36.4 Å². The molecule has 6 nitrogen and oxygen atoms in total. The van der Waals surface area contributed by atoms with Gasteiger partial charge in [0.25, 0.3) is 0 Å². The summed E-state index contributed by atoms with van der Waals surface area (Å²) in [5, 5.41) is 17.6. The Balaban J connectivity index is 0.000000248. The van der Waals surface area contributed by atoms with E-state index in [1.165, 1.54) is 0 Å². The SMILES string of the molecule is Cc1cc(C(=O)O)ccc1B1OC(C)(C)C(C)(C)O1.Cc1ccc(C(=O)O)cc1C. The summed E-state index contributed by atoms with van der Waals surface area (Å²) in [5.41, 5.74) is 3.72. The summed E-state index contributed by atoms with van der Waals surface area (Å²) in [4.78, 5) is 21.4. The molecular formula is C23H29BO6. The van der Waals surface area contributed by atoms with E-state index in [-0.39, 0.29) is 5.56 Å². The van der Waals surface area contributed by atoms with Crippen LogP contribution in [0, 0.1) is 20.8 Å². The number of carbonyl (C=O) groups is 2. The van der Waals surface area contributed by atoms with Crippen LogP contribution in [-0.2, 0) is 9.31 Å². The van der Waals surface area contributed by atoms with Gasteiger partial charge in [0, 0.05) is 0 Å². The maximum atomic E-state index is 10.9. The minimum Gasteiger partial charge on any atom is -0.478 e. The van der Waals surface area contributed by atoms with E-state index in [0.717, 1.165) is 22.2 Å². The van der Waals surface area contributed by atoms with E-state index in [1.54, 1.807) is 30.3 Å². The standard InChI is InChI=1S/C14H19BO4.C9H10O2/c1-9-8-10(12(16)17)6-7-11(9)15-18-13(2,3)14(4,5)19-15;1-6-3-4-8(9(10)11)5-7(6)2/h6-8H,1-5H3,(H,16,17);3-5H,1-2H3,(H,10,11). The predicted molar refractivity (Wildman–Crippen MR) is 117 cm³/mol. The van der Waals surface area contributed by atoms with Crippen LogP contribution in [0.2, 0.25) is 0 Å². The van der Waals surface area contributed by atoms with E-state index in [2.05, 4.69) is 0 Å².